The molecule has 0 radical (unpaired) electrons. The number of ether oxygens (including phenoxy) is 2. The molecule has 0 fully saturated rings. The molecule has 0 heterocycles. The Bertz CT molecular complexity index is 954. The summed E-state index contributed by atoms with van der Waals surface area (Å²) >= 11 is 0. The average molecular weight is 756 g/mol. The van der Waals surface area contributed by atoms with E-state index in [0.29, 0.717) is 13.0 Å². The van der Waals surface area contributed by atoms with Crippen molar-refractivity contribution in [3.8, 4) is 0 Å². The van der Waals surface area contributed by atoms with Gasteiger partial charge in [0.25, 0.3) is 0 Å². The number of carbonyl (C=O) groups excluding carboxylic acids is 2. The van der Waals surface area contributed by atoms with Crippen molar-refractivity contribution in [2.45, 2.75) is 187 Å². The summed E-state index contributed by atoms with van der Waals surface area (Å²) < 4.78 is 33.1. The van der Waals surface area contributed by atoms with E-state index in [2.05, 4.69) is 55.6 Å². The second-order valence-corrected chi connectivity index (χ2v) is 15.3. The Kier molecular flexibility index (Phi) is 37.6. The molecule has 0 aromatic rings. The SMILES string of the molecule is CCCCC/C=C\C/C=C\CCCCCCCC(=O)OCC(COP(=O)(O)OCCNC)OC(=O)CCCCCCC/C=C\CCCCCCCC. The normalized spacial score (nSPS) is 13.7. The van der Waals surface area contributed by atoms with Crippen molar-refractivity contribution in [3.05, 3.63) is 36.5 Å². The monoisotopic (exact) mass is 756 g/mol. The third kappa shape index (κ3) is 38.0. The zero-order chi connectivity index (χ0) is 38.2. The smallest absolute Gasteiger partial charge is 0.462 e. The van der Waals surface area contributed by atoms with Gasteiger partial charge < -0.3 is 19.7 Å². The van der Waals surface area contributed by atoms with E-state index in [1.54, 1.807) is 7.05 Å². The molecule has 0 bridgehead atoms. The Balaban J connectivity index is 4.28. The first-order chi connectivity index (χ1) is 25.3. The van der Waals surface area contributed by atoms with Crippen LogP contribution in [0.2, 0.25) is 0 Å². The molecule has 9 nitrogen and oxygen atoms in total. The van der Waals surface area contributed by atoms with Gasteiger partial charge in [0.05, 0.1) is 13.2 Å². The molecule has 2 N–H and O–H groups in total. The van der Waals surface area contributed by atoms with Gasteiger partial charge in [-0.2, -0.15) is 0 Å². The summed E-state index contributed by atoms with van der Waals surface area (Å²) in [4.78, 5) is 35.0. The second-order valence-electron chi connectivity index (χ2n) is 13.8. The van der Waals surface area contributed by atoms with Crippen LogP contribution in [0.5, 0.6) is 0 Å². The highest BCUT2D eigenvalue weighted by atomic mass is 31.2. The first kappa shape index (κ1) is 50.2. The predicted molar refractivity (Wildman–Crippen MR) is 215 cm³/mol. The second kappa shape index (κ2) is 38.9. The van der Waals surface area contributed by atoms with Crippen LogP contribution in [0.15, 0.2) is 36.5 Å². The Labute approximate surface area is 318 Å². The topological polar surface area (TPSA) is 120 Å². The van der Waals surface area contributed by atoms with E-state index < -0.39 is 26.5 Å². The Morgan fingerprint density at radius 3 is 1.58 bits per heavy atom. The molecule has 0 aromatic carbocycles. The standard InChI is InChI=1S/C42H78NO8P/c1-4-6-8-10-12-14-16-18-20-22-24-26-28-30-32-34-41(44)48-38-40(39-50-52(46,47)49-37-36-43-3)51-42(45)35-33-31-29-27-25-23-21-19-17-15-13-11-9-7-5-2/h12,14,18-21,40,43H,4-11,13,15-17,22-39H2,1-3H3,(H,46,47)/b14-12-,20-18-,21-19-. The zero-order valence-electron chi connectivity index (χ0n) is 33.5. The first-order valence-electron chi connectivity index (χ1n) is 20.9. The number of esters is 2. The van der Waals surface area contributed by atoms with Crippen molar-refractivity contribution >= 4 is 19.8 Å². The van der Waals surface area contributed by atoms with Crippen LogP contribution in [0, 0.1) is 0 Å². The molecule has 0 rings (SSSR count). The molecule has 0 saturated carbocycles. The van der Waals surface area contributed by atoms with Crippen molar-refractivity contribution in [2.75, 3.05) is 33.4 Å². The maximum Gasteiger partial charge on any atom is 0.472 e. The van der Waals surface area contributed by atoms with Crippen molar-refractivity contribution in [1.82, 2.24) is 5.32 Å². The molecular formula is C42H78NO8P. The van der Waals surface area contributed by atoms with Crippen molar-refractivity contribution in [2.24, 2.45) is 0 Å². The number of likely N-dealkylation sites (N-methyl/N-ethyl adjacent to an activating group) is 1. The van der Waals surface area contributed by atoms with Crippen LogP contribution in [0.3, 0.4) is 0 Å². The summed E-state index contributed by atoms with van der Waals surface area (Å²) in [6.07, 6.45) is 40.4. The van der Waals surface area contributed by atoms with E-state index in [1.807, 2.05) is 0 Å². The van der Waals surface area contributed by atoms with E-state index >= 15 is 0 Å². The molecule has 0 aliphatic heterocycles. The van der Waals surface area contributed by atoms with Crippen LogP contribution >= 0.6 is 7.82 Å². The number of unbranched alkanes of at least 4 members (excludes halogenated alkanes) is 19. The molecular weight excluding hydrogens is 677 g/mol. The van der Waals surface area contributed by atoms with Gasteiger partial charge in [-0.15, -0.1) is 0 Å². The number of nitrogens with one attached hydrogen (secondary N) is 1. The number of phosphoric ester groups is 1. The molecule has 2 unspecified atom stereocenters. The molecule has 304 valence electrons. The van der Waals surface area contributed by atoms with Gasteiger partial charge >= 0.3 is 19.8 Å². The molecule has 10 heteroatoms. The minimum absolute atomic E-state index is 0.0211. The quantitative estimate of drug-likeness (QED) is 0.0273. The van der Waals surface area contributed by atoms with Gasteiger partial charge in [-0.05, 0) is 77.7 Å². The Morgan fingerprint density at radius 1 is 0.596 bits per heavy atom. The highest BCUT2D eigenvalue weighted by Crippen LogP contribution is 2.43. The fourth-order valence-corrected chi connectivity index (χ4v) is 6.27. The number of carbonyl (C=O) groups is 2. The van der Waals surface area contributed by atoms with Crippen molar-refractivity contribution in [1.29, 1.82) is 0 Å². The lowest BCUT2D eigenvalue weighted by molar-refractivity contribution is -0.161. The van der Waals surface area contributed by atoms with E-state index in [4.69, 9.17) is 18.5 Å². The lowest BCUT2D eigenvalue weighted by atomic mass is 10.1. The molecule has 2 atom stereocenters. The fraction of sp³-hybridized carbons (Fsp3) is 0.810. The predicted octanol–water partition coefficient (Wildman–Crippen LogP) is 11.6. The van der Waals surface area contributed by atoms with E-state index in [-0.39, 0.29) is 32.0 Å². The summed E-state index contributed by atoms with van der Waals surface area (Å²) in [7, 11) is -2.65. The number of phosphoric acid groups is 1. The minimum atomic E-state index is -4.35. The van der Waals surface area contributed by atoms with Crippen molar-refractivity contribution in [3.63, 3.8) is 0 Å². The largest absolute Gasteiger partial charge is 0.472 e. The zero-order valence-corrected chi connectivity index (χ0v) is 34.4. The fourth-order valence-electron chi connectivity index (χ4n) is 5.52. The maximum absolute atomic E-state index is 12.6. The third-order valence-corrected chi connectivity index (χ3v) is 9.72. The summed E-state index contributed by atoms with van der Waals surface area (Å²) in [6, 6.07) is 0. The molecule has 0 spiro atoms. The van der Waals surface area contributed by atoms with Gasteiger partial charge in [0.1, 0.15) is 6.61 Å². The van der Waals surface area contributed by atoms with Gasteiger partial charge in [0.2, 0.25) is 0 Å². The summed E-state index contributed by atoms with van der Waals surface area (Å²) in [5, 5.41) is 2.82. The van der Waals surface area contributed by atoms with E-state index in [0.717, 1.165) is 77.0 Å². The summed E-state index contributed by atoms with van der Waals surface area (Å²) in [6.45, 7) is 4.16. The molecule has 0 amide bonds. The summed E-state index contributed by atoms with van der Waals surface area (Å²) in [5.41, 5.74) is 0. The number of hydrogen-bond donors (Lipinski definition) is 2. The third-order valence-electron chi connectivity index (χ3n) is 8.73. The van der Waals surface area contributed by atoms with Crippen LogP contribution in [-0.4, -0.2) is 56.3 Å². The van der Waals surface area contributed by atoms with E-state index in [9.17, 15) is 19.0 Å². The van der Waals surface area contributed by atoms with Crippen LogP contribution in [-0.2, 0) is 32.7 Å². The molecule has 52 heavy (non-hydrogen) atoms. The lowest BCUT2D eigenvalue weighted by Gasteiger charge is -2.20. The van der Waals surface area contributed by atoms with Gasteiger partial charge in [-0.25, -0.2) is 4.57 Å². The molecule has 0 saturated heterocycles. The summed E-state index contributed by atoms with van der Waals surface area (Å²) in [5.74, 6) is -0.832. The van der Waals surface area contributed by atoms with Crippen LogP contribution in [0.25, 0.3) is 0 Å². The number of rotatable bonds is 39. The Hall–Kier alpha value is -1.77. The Morgan fingerprint density at radius 2 is 1.04 bits per heavy atom. The number of hydrogen-bond acceptors (Lipinski definition) is 8. The van der Waals surface area contributed by atoms with Crippen LogP contribution < -0.4 is 5.32 Å². The van der Waals surface area contributed by atoms with Gasteiger partial charge in [-0.3, -0.25) is 18.6 Å². The average Bonchev–Trinajstić information content (AvgIpc) is 3.12. The first-order valence-corrected chi connectivity index (χ1v) is 22.4. The lowest BCUT2D eigenvalue weighted by Crippen LogP contribution is -2.29. The van der Waals surface area contributed by atoms with Crippen LogP contribution in [0.4, 0.5) is 0 Å². The highest BCUT2D eigenvalue weighted by Gasteiger charge is 2.26. The molecule has 0 aliphatic rings. The van der Waals surface area contributed by atoms with Crippen LogP contribution in [0.1, 0.15) is 181 Å². The highest BCUT2D eigenvalue weighted by molar-refractivity contribution is 7.47. The van der Waals surface area contributed by atoms with Gasteiger partial charge in [-0.1, -0.05) is 134 Å². The maximum atomic E-state index is 12.6. The molecule has 0 aliphatic carbocycles. The van der Waals surface area contributed by atoms with Gasteiger partial charge in [0.15, 0.2) is 6.10 Å². The number of allylic oxidation sites excluding steroid dienone is 6. The van der Waals surface area contributed by atoms with Crippen molar-refractivity contribution < 1.29 is 37.6 Å². The molecule has 0 aromatic heterocycles. The van der Waals surface area contributed by atoms with Gasteiger partial charge in [0, 0.05) is 19.4 Å². The minimum Gasteiger partial charge on any atom is -0.462 e. The van der Waals surface area contributed by atoms with E-state index in [1.165, 1.54) is 70.6 Å².